The number of piperidine rings is 2. The van der Waals surface area contributed by atoms with Gasteiger partial charge in [0.05, 0.1) is 37.9 Å². The van der Waals surface area contributed by atoms with Crippen molar-refractivity contribution in [2.75, 3.05) is 58.8 Å². The lowest BCUT2D eigenvalue weighted by Gasteiger charge is -2.46. The predicted molar refractivity (Wildman–Crippen MR) is 192 cm³/mol. The minimum Gasteiger partial charge on any atom is -0.496 e. The molecule has 15 heteroatoms. The number of hydrogen-bond acceptors (Lipinski definition) is 9. The molecule has 3 amide bonds. The zero-order chi connectivity index (χ0) is 38.2. The average Bonchev–Trinajstić information content (AvgIpc) is 3.13. The summed E-state index contributed by atoms with van der Waals surface area (Å²) >= 11 is 0. The number of nitrogens with zero attached hydrogens (tertiary/aromatic N) is 4. The van der Waals surface area contributed by atoms with Crippen LogP contribution in [0.3, 0.4) is 0 Å². The molecule has 284 valence electrons. The van der Waals surface area contributed by atoms with E-state index in [0.29, 0.717) is 34.9 Å². The highest BCUT2D eigenvalue weighted by Crippen LogP contribution is 2.39. The van der Waals surface area contributed by atoms with Crippen LogP contribution >= 0.6 is 0 Å². The fraction of sp³-hybridized carbons (Fsp3) is 0.474. The third-order valence-corrected chi connectivity index (χ3v) is 10.7. The first kappa shape index (κ1) is 37.9. The number of piperazine rings is 1. The summed E-state index contributed by atoms with van der Waals surface area (Å²) in [4.78, 5) is 54.1. The maximum absolute atomic E-state index is 15.9. The maximum atomic E-state index is 15.9. The van der Waals surface area contributed by atoms with E-state index in [1.54, 1.807) is 30.0 Å². The standard InChI is InChI=1S/C38H45F3N6O6/c1-22-23(2)36(50)44(3)19-27(22)24-16-31(52-4)28(32(17-24)53-5)20-45-11-10-33(38(40,41)21-45)46-12-14-47(15-13-46)37(51)26-7-6-25(18-29(26)39)42-30-8-9-34(48)43-35(30)49/h6-7,16-19,30,33,42H,8-15,20-21H2,1-5H3,(H,43,48,49)/t30?,33-/m0/s1. The van der Waals surface area contributed by atoms with E-state index < -0.39 is 42.2 Å². The van der Waals surface area contributed by atoms with Gasteiger partial charge in [-0.05, 0) is 68.1 Å². The molecule has 1 aromatic heterocycles. The van der Waals surface area contributed by atoms with E-state index in [0.717, 1.165) is 22.8 Å². The number of alkyl halides is 2. The number of amides is 3. The molecule has 4 heterocycles. The molecule has 3 aromatic rings. The molecule has 2 N–H and O–H groups in total. The van der Waals surface area contributed by atoms with Gasteiger partial charge in [-0.1, -0.05) is 0 Å². The van der Waals surface area contributed by atoms with Gasteiger partial charge in [0.15, 0.2) is 0 Å². The van der Waals surface area contributed by atoms with Gasteiger partial charge in [-0.25, -0.2) is 13.2 Å². The van der Waals surface area contributed by atoms with Gasteiger partial charge in [0, 0.05) is 75.7 Å². The summed E-state index contributed by atoms with van der Waals surface area (Å²) in [7, 11) is 4.74. The van der Waals surface area contributed by atoms with E-state index in [9.17, 15) is 19.2 Å². The van der Waals surface area contributed by atoms with Crippen LogP contribution in [0.4, 0.5) is 18.9 Å². The Morgan fingerprint density at radius 3 is 2.25 bits per heavy atom. The van der Waals surface area contributed by atoms with Gasteiger partial charge in [-0.3, -0.25) is 34.3 Å². The Kier molecular flexibility index (Phi) is 10.9. The lowest BCUT2D eigenvalue weighted by atomic mass is 9.95. The van der Waals surface area contributed by atoms with Crippen LogP contribution in [0.1, 0.15) is 46.3 Å². The van der Waals surface area contributed by atoms with Crippen molar-refractivity contribution < 1.29 is 37.0 Å². The summed E-state index contributed by atoms with van der Waals surface area (Å²) in [5.74, 6) is -4.22. The van der Waals surface area contributed by atoms with Crippen LogP contribution in [0.2, 0.25) is 0 Å². The number of benzene rings is 2. The number of hydrogen-bond donors (Lipinski definition) is 2. The van der Waals surface area contributed by atoms with E-state index in [1.165, 1.54) is 35.8 Å². The molecule has 3 saturated heterocycles. The Morgan fingerprint density at radius 2 is 1.64 bits per heavy atom. The van der Waals surface area contributed by atoms with Crippen LogP contribution in [-0.4, -0.2) is 108 Å². The second-order valence-electron chi connectivity index (χ2n) is 14.0. The zero-order valence-electron chi connectivity index (χ0n) is 30.6. The number of carbonyl (C=O) groups excluding carboxylic acids is 3. The largest absolute Gasteiger partial charge is 0.496 e. The van der Waals surface area contributed by atoms with Crippen molar-refractivity contribution in [3.8, 4) is 22.6 Å². The molecule has 0 saturated carbocycles. The van der Waals surface area contributed by atoms with Crippen LogP contribution in [0, 0.1) is 19.7 Å². The number of carbonyl (C=O) groups is 3. The molecular formula is C38H45F3N6O6. The van der Waals surface area contributed by atoms with Crippen LogP contribution in [0.25, 0.3) is 11.1 Å². The number of aryl methyl sites for hydroxylation is 1. The molecule has 0 bridgehead atoms. The van der Waals surface area contributed by atoms with E-state index in [4.69, 9.17) is 9.47 Å². The zero-order valence-corrected chi connectivity index (χ0v) is 30.6. The molecule has 3 aliphatic rings. The lowest BCUT2D eigenvalue weighted by Crippen LogP contribution is -2.62. The summed E-state index contributed by atoms with van der Waals surface area (Å²) in [5, 5.41) is 5.13. The molecule has 0 aliphatic carbocycles. The van der Waals surface area contributed by atoms with Gasteiger partial charge < -0.3 is 24.3 Å². The van der Waals surface area contributed by atoms with Crippen molar-refractivity contribution in [1.29, 1.82) is 0 Å². The summed E-state index contributed by atoms with van der Waals surface area (Å²) in [6.07, 6.45) is 2.41. The minimum atomic E-state index is -3.05. The van der Waals surface area contributed by atoms with E-state index in [2.05, 4.69) is 10.6 Å². The fourth-order valence-corrected chi connectivity index (χ4v) is 7.59. The summed E-state index contributed by atoms with van der Waals surface area (Å²) < 4.78 is 59.9. The Bertz CT molecular complexity index is 1950. The first-order chi connectivity index (χ1) is 25.2. The molecule has 2 aromatic carbocycles. The number of anilines is 1. The summed E-state index contributed by atoms with van der Waals surface area (Å²) in [5.41, 5.74) is 3.79. The van der Waals surface area contributed by atoms with Crippen LogP contribution in [0.15, 0.2) is 41.3 Å². The van der Waals surface area contributed by atoms with Crippen molar-refractivity contribution in [2.24, 2.45) is 7.05 Å². The van der Waals surface area contributed by atoms with Crippen molar-refractivity contribution in [3.63, 3.8) is 0 Å². The molecule has 1 unspecified atom stereocenters. The van der Waals surface area contributed by atoms with Crippen LogP contribution in [0.5, 0.6) is 11.5 Å². The van der Waals surface area contributed by atoms with Gasteiger partial charge >= 0.3 is 0 Å². The predicted octanol–water partition coefficient (Wildman–Crippen LogP) is 3.71. The number of methoxy groups -OCH3 is 2. The highest BCUT2D eigenvalue weighted by atomic mass is 19.3. The molecule has 0 radical (unpaired) electrons. The third kappa shape index (κ3) is 7.77. The number of rotatable bonds is 9. The fourth-order valence-electron chi connectivity index (χ4n) is 7.59. The number of ether oxygens (including phenoxy) is 2. The Hall–Kier alpha value is -4.89. The topological polar surface area (TPSA) is 125 Å². The minimum absolute atomic E-state index is 0.0814. The third-order valence-electron chi connectivity index (χ3n) is 10.7. The van der Waals surface area contributed by atoms with E-state index >= 15 is 13.2 Å². The first-order valence-electron chi connectivity index (χ1n) is 17.7. The highest BCUT2D eigenvalue weighted by molar-refractivity contribution is 6.01. The van der Waals surface area contributed by atoms with Crippen molar-refractivity contribution in [2.45, 2.75) is 57.7 Å². The van der Waals surface area contributed by atoms with Gasteiger partial charge in [0.2, 0.25) is 11.8 Å². The maximum Gasteiger partial charge on any atom is 0.275 e. The quantitative estimate of drug-likeness (QED) is 0.317. The molecule has 2 atom stereocenters. The van der Waals surface area contributed by atoms with Crippen molar-refractivity contribution in [3.05, 3.63) is 75.0 Å². The normalized spacial score (nSPS) is 20.9. The molecule has 6 rings (SSSR count). The average molecular weight is 739 g/mol. The van der Waals surface area contributed by atoms with E-state index in [1.807, 2.05) is 19.1 Å². The molecular weight excluding hydrogens is 693 g/mol. The summed E-state index contributed by atoms with van der Waals surface area (Å²) in [6, 6.07) is 5.94. The Labute approximate surface area is 305 Å². The van der Waals surface area contributed by atoms with Gasteiger partial charge in [-0.2, -0.15) is 0 Å². The second kappa shape index (κ2) is 15.2. The van der Waals surface area contributed by atoms with Crippen LogP contribution < -0.4 is 25.7 Å². The van der Waals surface area contributed by atoms with Gasteiger partial charge in [0.1, 0.15) is 23.4 Å². The molecule has 3 fully saturated rings. The molecule has 0 spiro atoms. The monoisotopic (exact) mass is 738 g/mol. The van der Waals surface area contributed by atoms with Gasteiger partial charge in [0.25, 0.3) is 17.4 Å². The SMILES string of the molecule is COc1cc(-c2cn(C)c(=O)c(C)c2C)cc(OC)c1CN1CC[C@H](N2CCN(C(=O)c3ccc(NC4CCC(=O)NC4=O)cc3F)CC2)C(F)(F)C1. The van der Waals surface area contributed by atoms with Gasteiger partial charge in [-0.15, -0.1) is 0 Å². The molecule has 3 aliphatic heterocycles. The van der Waals surface area contributed by atoms with E-state index in [-0.39, 0.29) is 69.0 Å². The molecule has 12 nitrogen and oxygen atoms in total. The Balaban J connectivity index is 1.07. The Morgan fingerprint density at radius 1 is 0.962 bits per heavy atom. The highest BCUT2D eigenvalue weighted by Gasteiger charge is 2.48. The number of halogens is 3. The number of nitrogens with one attached hydrogen (secondary N) is 2. The summed E-state index contributed by atoms with van der Waals surface area (Å²) in [6.45, 7) is 4.53. The first-order valence-corrected chi connectivity index (χ1v) is 17.7. The van der Waals surface area contributed by atoms with Crippen molar-refractivity contribution >= 4 is 23.4 Å². The number of pyridine rings is 1. The van der Waals surface area contributed by atoms with Crippen LogP contribution in [-0.2, 0) is 23.2 Å². The smallest absolute Gasteiger partial charge is 0.275 e. The number of imide groups is 1. The lowest BCUT2D eigenvalue weighted by molar-refractivity contribution is -0.134. The number of likely N-dealkylation sites (tertiary alicyclic amines) is 1. The second-order valence-corrected chi connectivity index (χ2v) is 14.0. The van der Waals surface area contributed by atoms with Crippen molar-refractivity contribution in [1.82, 2.24) is 24.6 Å². The number of aromatic nitrogens is 1. The molecule has 53 heavy (non-hydrogen) atoms.